The molecule has 1 nitrogen and oxygen atoms in total. The number of aromatic nitrogens is 1. The molecule has 1 aromatic rings. The Labute approximate surface area is 91.0 Å². The van der Waals surface area contributed by atoms with Gasteiger partial charge in [0, 0.05) is 0 Å². The number of halogens is 7. The van der Waals surface area contributed by atoms with Gasteiger partial charge in [-0.15, -0.1) is 11.6 Å². The molecule has 1 aromatic heterocycles. The van der Waals surface area contributed by atoms with Gasteiger partial charge in [0.25, 0.3) is 6.43 Å². The lowest BCUT2D eigenvalue weighted by Crippen LogP contribution is -2.15. The largest absolute Gasteiger partial charge is 0.433 e. The van der Waals surface area contributed by atoms with Crippen LogP contribution in [0.15, 0.2) is 6.07 Å². The van der Waals surface area contributed by atoms with Crippen LogP contribution in [0.1, 0.15) is 23.4 Å². The molecule has 0 radical (unpaired) electrons. The second-order valence-corrected chi connectivity index (χ2v) is 3.06. The Morgan fingerprint density at radius 1 is 1.31 bits per heavy atom. The fourth-order valence-electron chi connectivity index (χ4n) is 1.07. The van der Waals surface area contributed by atoms with Crippen molar-refractivity contribution in [2.75, 3.05) is 0 Å². The molecule has 0 fully saturated rings. The molecule has 0 atom stereocenters. The summed E-state index contributed by atoms with van der Waals surface area (Å²) in [6.45, 7) is 0. The van der Waals surface area contributed by atoms with Crippen LogP contribution in [0.5, 0.6) is 0 Å². The molecule has 90 valence electrons. The van der Waals surface area contributed by atoms with Crippen molar-refractivity contribution in [2.24, 2.45) is 0 Å². The average Bonchev–Trinajstić information content (AvgIpc) is 2.14. The highest BCUT2D eigenvalue weighted by Gasteiger charge is 2.39. The van der Waals surface area contributed by atoms with Crippen LogP contribution in [-0.2, 0) is 12.1 Å². The van der Waals surface area contributed by atoms with Gasteiger partial charge in [-0.3, -0.25) is 0 Å². The third-order valence-corrected chi connectivity index (χ3v) is 1.96. The van der Waals surface area contributed by atoms with Crippen molar-refractivity contribution in [2.45, 2.75) is 18.5 Å². The van der Waals surface area contributed by atoms with Gasteiger partial charge in [-0.25, -0.2) is 18.2 Å². The van der Waals surface area contributed by atoms with E-state index in [1.807, 2.05) is 0 Å². The second-order valence-electron chi connectivity index (χ2n) is 2.79. The molecule has 0 spiro atoms. The van der Waals surface area contributed by atoms with Crippen LogP contribution < -0.4 is 0 Å². The zero-order valence-electron chi connectivity index (χ0n) is 7.45. The van der Waals surface area contributed by atoms with E-state index in [0.29, 0.717) is 6.07 Å². The smallest absolute Gasteiger partial charge is 0.246 e. The average molecular weight is 264 g/mol. The minimum Gasteiger partial charge on any atom is -0.246 e. The number of hydrogen-bond acceptors (Lipinski definition) is 1. The minimum atomic E-state index is -5.14. The van der Waals surface area contributed by atoms with E-state index >= 15 is 0 Å². The summed E-state index contributed by atoms with van der Waals surface area (Å²) >= 11 is 5.17. The fraction of sp³-hybridized carbons (Fsp3) is 0.375. The van der Waals surface area contributed by atoms with Crippen LogP contribution in [-0.4, -0.2) is 4.98 Å². The van der Waals surface area contributed by atoms with Crippen molar-refractivity contribution in [3.8, 4) is 0 Å². The number of alkyl halides is 6. The van der Waals surface area contributed by atoms with Gasteiger partial charge < -0.3 is 0 Å². The van der Waals surface area contributed by atoms with Crippen molar-refractivity contribution in [3.05, 3.63) is 28.8 Å². The molecule has 0 saturated carbocycles. The van der Waals surface area contributed by atoms with Crippen LogP contribution >= 0.6 is 11.6 Å². The summed E-state index contributed by atoms with van der Waals surface area (Å²) in [5.74, 6) is -2.16. The molecule has 0 aliphatic heterocycles. The summed E-state index contributed by atoms with van der Waals surface area (Å²) in [6, 6.07) is 0.462. The molecule has 0 aliphatic rings. The number of nitrogens with zero attached hydrogens (tertiary/aromatic N) is 1. The van der Waals surface area contributed by atoms with Crippen molar-refractivity contribution in [1.29, 1.82) is 0 Å². The molecule has 0 bridgehead atoms. The Balaban J connectivity index is 3.47. The highest BCUT2D eigenvalue weighted by atomic mass is 35.5. The van der Waals surface area contributed by atoms with Crippen LogP contribution in [0.2, 0.25) is 0 Å². The lowest BCUT2D eigenvalue weighted by molar-refractivity contribution is -0.143. The van der Waals surface area contributed by atoms with Gasteiger partial charge in [-0.05, 0) is 6.07 Å². The number of pyridine rings is 1. The monoisotopic (exact) mass is 263 g/mol. The Bertz CT molecular complexity index is 389. The van der Waals surface area contributed by atoms with Crippen molar-refractivity contribution in [1.82, 2.24) is 4.98 Å². The first-order valence-corrected chi connectivity index (χ1v) is 4.41. The Morgan fingerprint density at radius 2 is 1.88 bits per heavy atom. The van der Waals surface area contributed by atoms with Crippen LogP contribution in [0.4, 0.5) is 26.3 Å². The van der Waals surface area contributed by atoms with E-state index in [1.165, 1.54) is 0 Å². The molecule has 0 aromatic carbocycles. The molecule has 0 aliphatic carbocycles. The second kappa shape index (κ2) is 4.48. The van der Waals surface area contributed by atoms with Gasteiger partial charge in [0.15, 0.2) is 5.69 Å². The molecule has 1 heterocycles. The number of rotatable bonds is 2. The van der Waals surface area contributed by atoms with Crippen molar-refractivity contribution in [3.63, 3.8) is 0 Å². The summed E-state index contributed by atoms with van der Waals surface area (Å²) in [5.41, 5.74) is -4.13. The lowest BCUT2D eigenvalue weighted by atomic mass is 10.1. The predicted octanol–water partition coefficient (Wildman–Crippen LogP) is 3.92. The quantitative estimate of drug-likeness (QED) is 0.582. The summed E-state index contributed by atoms with van der Waals surface area (Å²) < 4.78 is 74.4. The maximum Gasteiger partial charge on any atom is 0.433 e. The first-order valence-electron chi connectivity index (χ1n) is 3.88. The van der Waals surface area contributed by atoms with Gasteiger partial charge >= 0.3 is 6.18 Å². The third kappa shape index (κ3) is 2.58. The maximum atomic E-state index is 13.0. The standard InChI is InChI=1S/C8H4ClF6N/c9-2-3-1-4(10)5(7(11)12)6(16-3)8(13,14)15/h1,7H,2H2. The fourth-order valence-corrected chi connectivity index (χ4v) is 1.20. The van der Waals surface area contributed by atoms with E-state index in [4.69, 9.17) is 11.6 Å². The Kier molecular flexibility index (Phi) is 3.67. The van der Waals surface area contributed by atoms with Crippen LogP contribution in [0.25, 0.3) is 0 Å². The molecule has 8 heteroatoms. The third-order valence-electron chi connectivity index (χ3n) is 1.68. The molecule has 1 rings (SSSR count). The Morgan fingerprint density at radius 3 is 2.25 bits per heavy atom. The SMILES string of the molecule is Fc1cc(CCl)nc(C(F)(F)F)c1C(F)F. The highest BCUT2D eigenvalue weighted by molar-refractivity contribution is 6.16. The van der Waals surface area contributed by atoms with E-state index in [2.05, 4.69) is 4.98 Å². The summed E-state index contributed by atoms with van der Waals surface area (Å²) in [7, 11) is 0. The Hall–Kier alpha value is -0.980. The highest BCUT2D eigenvalue weighted by Crippen LogP contribution is 2.36. The lowest BCUT2D eigenvalue weighted by Gasteiger charge is -2.13. The van der Waals surface area contributed by atoms with Gasteiger partial charge in [0.05, 0.1) is 17.1 Å². The normalized spacial score (nSPS) is 12.2. The van der Waals surface area contributed by atoms with Gasteiger partial charge in [-0.1, -0.05) is 0 Å². The molecule has 0 unspecified atom stereocenters. The van der Waals surface area contributed by atoms with E-state index in [9.17, 15) is 26.3 Å². The van der Waals surface area contributed by atoms with E-state index < -0.39 is 41.3 Å². The minimum absolute atomic E-state index is 0.448. The summed E-state index contributed by atoms with van der Waals surface area (Å²) in [6.07, 6.45) is -8.73. The van der Waals surface area contributed by atoms with Gasteiger partial charge in [-0.2, -0.15) is 13.2 Å². The van der Waals surface area contributed by atoms with Crippen LogP contribution in [0.3, 0.4) is 0 Å². The zero-order chi connectivity index (χ0) is 12.5. The van der Waals surface area contributed by atoms with Gasteiger partial charge in [0.1, 0.15) is 5.82 Å². The molecular weight excluding hydrogens is 260 g/mol. The molecule has 0 amide bonds. The van der Waals surface area contributed by atoms with Gasteiger partial charge in [0.2, 0.25) is 0 Å². The van der Waals surface area contributed by atoms with E-state index in [1.54, 1.807) is 0 Å². The van der Waals surface area contributed by atoms with Crippen LogP contribution in [0, 0.1) is 5.82 Å². The topological polar surface area (TPSA) is 12.9 Å². The maximum absolute atomic E-state index is 13.0. The molecule has 16 heavy (non-hydrogen) atoms. The first-order chi connectivity index (χ1) is 7.27. The molecule has 0 N–H and O–H groups in total. The number of hydrogen-bond donors (Lipinski definition) is 0. The zero-order valence-corrected chi connectivity index (χ0v) is 8.21. The van der Waals surface area contributed by atoms with E-state index in [-0.39, 0.29) is 0 Å². The molecular formula is C8H4ClF6N. The summed E-state index contributed by atoms with van der Waals surface area (Å²) in [4.78, 5) is 2.87. The van der Waals surface area contributed by atoms with E-state index in [0.717, 1.165) is 0 Å². The van der Waals surface area contributed by atoms with Crippen molar-refractivity contribution < 1.29 is 26.3 Å². The van der Waals surface area contributed by atoms with Crippen molar-refractivity contribution >= 4 is 11.6 Å². The summed E-state index contributed by atoms with van der Waals surface area (Å²) in [5, 5.41) is 0. The first kappa shape index (κ1) is 13.1. The predicted molar refractivity (Wildman–Crippen MR) is 43.7 cm³/mol. The molecule has 0 saturated heterocycles.